The number of hydrogen-bond donors (Lipinski definition) is 0. The van der Waals surface area contributed by atoms with E-state index in [4.69, 9.17) is 0 Å². The lowest BCUT2D eigenvalue weighted by Gasteiger charge is -2.22. The molecule has 1 aliphatic heterocycles. The van der Waals surface area contributed by atoms with Crippen LogP contribution >= 0.6 is 0 Å². The molecule has 3 rings (SSSR count). The van der Waals surface area contributed by atoms with Gasteiger partial charge in [-0.1, -0.05) is 30.3 Å². The number of carbonyl (C=O) groups excluding carboxylic acids is 1. The van der Waals surface area contributed by atoms with E-state index in [0.717, 1.165) is 39.1 Å². The van der Waals surface area contributed by atoms with Crippen LogP contribution in [0.5, 0.6) is 0 Å². The van der Waals surface area contributed by atoms with E-state index >= 15 is 0 Å². The molecular formula is C16H21N5O. The average molecular weight is 299 g/mol. The van der Waals surface area contributed by atoms with Gasteiger partial charge in [0.05, 0.1) is 0 Å². The Hall–Kier alpha value is -2.21. The largest absolute Gasteiger partial charge is 0.340 e. The zero-order chi connectivity index (χ0) is 15.2. The first kappa shape index (κ1) is 14.7. The highest BCUT2D eigenvalue weighted by Crippen LogP contribution is 2.09. The maximum Gasteiger partial charge on any atom is 0.244 e. The van der Waals surface area contributed by atoms with Gasteiger partial charge in [0.2, 0.25) is 5.91 Å². The molecular weight excluding hydrogens is 278 g/mol. The van der Waals surface area contributed by atoms with E-state index in [2.05, 4.69) is 39.2 Å². The van der Waals surface area contributed by atoms with E-state index in [0.29, 0.717) is 0 Å². The molecule has 0 bridgehead atoms. The number of rotatable bonds is 4. The lowest BCUT2D eigenvalue weighted by Crippen LogP contribution is -2.37. The molecule has 1 aromatic carbocycles. The predicted molar refractivity (Wildman–Crippen MR) is 82.9 cm³/mol. The molecule has 6 heteroatoms. The number of benzene rings is 1. The van der Waals surface area contributed by atoms with Crippen LogP contribution in [-0.2, 0) is 17.9 Å². The third kappa shape index (κ3) is 3.92. The maximum atomic E-state index is 12.3. The van der Waals surface area contributed by atoms with Crippen LogP contribution in [0.15, 0.2) is 43.0 Å². The first-order chi connectivity index (χ1) is 10.8. The monoisotopic (exact) mass is 299 g/mol. The van der Waals surface area contributed by atoms with Gasteiger partial charge in [0.25, 0.3) is 0 Å². The van der Waals surface area contributed by atoms with Crippen molar-refractivity contribution < 1.29 is 4.79 Å². The number of hydrogen-bond acceptors (Lipinski definition) is 4. The zero-order valence-electron chi connectivity index (χ0n) is 12.6. The third-order valence-corrected chi connectivity index (χ3v) is 3.95. The number of carbonyl (C=O) groups is 1. The van der Waals surface area contributed by atoms with Gasteiger partial charge in [-0.2, -0.15) is 5.10 Å². The van der Waals surface area contributed by atoms with Gasteiger partial charge in [-0.05, 0) is 12.0 Å². The lowest BCUT2D eigenvalue weighted by atomic mass is 10.2. The van der Waals surface area contributed by atoms with Gasteiger partial charge in [-0.3, -0.25) is 9.69 Å². The zero-order valence-corrected chi connectivity index (χ0v) is 12.6. The Morgan fingerprint density at radius 2 is 1.95 bits per heavy atom. The Morgan fingerprint density at radius 3 is 2.73 bits per heavy atom. The van der Waals surface area contributed by atoms with Crippen molar-refractivity contribution in [2.45, 2.75) is 19.5 Å². The Labute approximate surface area is 130 Å². The van der Waals surface area contributed by atoms with E-state index in [1.165, 1.54) is 11.9 Å². The molecule has 0 radical (unpaired) electrons. The highest BCUT2D eigenvalue weighted by molar-refractivity contribution is 5.75. The fourth-order valence-corrected chi connectivity index (χ4v) is 2.77. The Morgan fingerprint density at radius 1 is 1.09 bits per heavy atom. The summed E-state index contributed by atoms with van der Waals surface area (Å²) in [7, 11) is 0. The Kier molecular flexibility index (Phi) is 4.80. The normalized spacial score (nSPS) is 16.5. The van der Waals surface area contributed by atoms with Crippen molar-refractivity contribution in [3.8, 4) is 0 Å². The summed E-state index contributed by atoms with van der Waals surface area (Å²) in [6, 6.07) is 10.5. The number of aromatic nitrogens is 3. The summed E-state index contributed by atoms with van der Waals surface area (Å²) in [5.74, 6) is 0.118. The van der Waals surface area contributed by atoms with Gasteiger partial charge < -0.3 is 4.90 Å². The molecule has 1 saturated heterocycles. The van der Waals surface area contributed by atoms with Crippen LogP contribution < -0.4 is 0 Å². The molecule has 1 aromatic heterocycles. The van der Waals surface area contributed by atoms with Crippen molar-refractivity contribution in [1.29, 1.82) is 0 Å². The Balaban J connectivity index is 1.52. The molecule has 2 aromatic rings. The minimum atomic E-state index is 0.118. The molecule has 0 unspecified atom stereocenters. The van der Waals surface area contributed by atoms with Crippen LogP contribution in [0.4, 0.5) is 0 Å². The molecule has 0 spiro atoms. The minimum Gasteiger partial charge on any atom is -0.340 e. The molecule has 0 N–H and O–H groups in total. The second kappa shape index (κ2) is 7.17. The van der Waals surface area contributed by atoms with Crippen LogP contribution in [0.3, 0.4) is 0 Å². The summed E-state index contributed by atoms with van der Waals surface area (Å²) in [4.78, 5) is 20.5. The molecule has 1 fully saturated rings. The molecule has 0 aliphatic carbocycles. The summed E-state index contributed by atoms with van der Waals surface area (Å²) < 4.78 is 1.58. The molecule has 1 amide bonds. The highest BCUT2D eigenvalue weighted by atomic mass is 16.2. The van der Waals surface area contributed by atoms with Gasteiger partial charge in [0.15, 0.2) is 0 Å². The van der Waals surface area contributed by atoms with Crippen molar-refractivity contribution >= 4 is 5.91 Å². The van der Waals surface area contributed by atoms with E-state index in [1.807, 2.05) is 11.0 Å². The van der Waals surface area contributed by atoms with Crippen LogP contribution in [0.2, 0.25) is 0 Å². The summed E-state index contributed by atoms with van der Waals surface area (Å²) in [5, 5.41) is 3.99. The first-order valence-corrected chi connectivity index (χ1v) is 7.68. The average Bonchev–Trinajstić information content (AvgIpc) is 2.93. The van der Waals surface area contributed by atoms with Crippen molar-refractivity contribution in [3.63, 3.8) is 0 Å². The van der Waals surface area contributed by atoms with Gasteiger partial charge in [-0.25, -0.2) is 9.67 Å². The topological polar surface area (TPSA) is 54.3 Å². The molecule has 6 nitrogen and oxygen atoms in total. The lowest BCUT2D eigenvalue weighted by molar-refractivity contribution is -0.131. The maximum absolute atomic E-state index is 12.3. The highest BCUT2D eigenvalue weighted by Gasteiger charge is 2.19. The smallest absolute Gasteiger partial charge is 0.244 e. The summed E-state index contributed by atoms with van der Waals surface area (Å²) in [5.41, 5.74) is 1.32. The Bertz CT molecular complexity index is 584. The standard InChI is InChI=1S/C16H21N5O/c22-16(12-21-14-17-13-18-21)20-8-4-7-19(9-10-20)11-15-5-2-1-3-6-15/h1-3,5-6,13-14H,4,7-12H2. The van der Waals surface area contributed by atoms with Gasteiger partial charge in [0.1, 0.15) is 19.2 Å². The third-order valence-electron chi connectivity index (χ3n) is 3.95. The quantitative estimate of drug-likeness (QED) is 0.845. The van der Waals surface area contributed by atoms with Crippen LogP contribution in [0.25, 0.3) is 0 Å². The molecule has 1 aliphatic rings. The minimum absolute atomic E-state index is 0.118. The summed E-state index contributed by atoms with van der Waals surface area (Å²) >= 11 is 0. The summed E-state index contributed by atoms with van der Waals surface area (Å²) in [6.45, 7) is 4.77. The second-order valence-corrected chi connectivity index (χ2v) is 5.59. The molecule has 22 heavy (non-hydrogen) atoms. The first-order valence-electron chi connectivity index (χ1n) is 7.68. The molecule has 116 valence electrons. The van der Waals surface area contributed by atoms with Crippen LogP contribution in [-0.4, -0.2) is 56.7 Å². The van der Waals surface area contributed by atoms with Crippen molar-refractivity contribution in [2.75, 3.05) is 26.2 Å². The van der Waals surface area contributed by atoms with Crippen LogP contribution in [0.1, 0.15) is 12.0 Å². The second-order valence-electron chi connectivity index (χ2n) is 5.59. The van der Waals surface area contributed by atoms with Crippen LogP contribution in [0, 0.1) is 0 Å². The van der Waals surface area contributed by atoms with E-state index in [1.54, 1.807) is 11.0 Å². The summed E-state index contributed by atoms with van der Waals surface area (Å²) in [6.07, 6.45) is 4.05. The molecule has 2 heterocycles. The van der Waals surface area contributed by atoms with E-state index < -0.39 is 0 Å². The van der Waals surface area contributed by atoms with Gasteiger partial charge >= 0.3 is 0 Å². The molecule has 0 atom stereocenters. The van der Waals surface area contributed by atoms with Gasteiger partial charge in [-0.15, -0.1) is 0 Å². The van der Waals surface area contributed by atoms with Crippen molar-refractivity contribution in [2.24, 2.45) is 0 Å². The van der Waals surface area contributed by atoms with E-state index in [-0.39, 0.29) is 12.5 Å². The fourth-order valence-electron chi connectivity index (χ4n) is 2.77. The number of amides is 1. The SMILES string of the molecule is O=C(Cn1cncn1)N1CCCN(Cc2ccccc2)CC1. The molecule has 0 saturated carbocycles. The van der Waals surface area contributed by atoms with Crippen molar-refractivity contribution in [3.05, 3.63) is 48.5 Å². The fraction of sp³-hybridized carbons (Fsp3) is 0.438. The van der Waals surface area contributed by atoms with Gasteiger partial charge in [0, 0.05) is 32.7 Å². The predicted octanol–water partition coefficient (Wildman–Crippen LogP) is 1.01. The van der Waals surface area contributed by atoms with E-state index in [9.17, 15) is 4.79 Å². The van der Waals surface area contributed by atoms with Crippen molar-refractivity contribution in [1.82, 2.24) is 24.6 Å². The number of nitrogens with zero attached hydrogens (tertiary/aromatic N) is 5.